The topological polar surface area (TPSA) is 91.3 Å². The molecule has 202 valence electrons. The molecule has 1 saturated carbocycles. The van der Waals surface area contributed by atoms with Crippen LogP contribution in [0.5, 0.6) is 0 Å². The Morgan fingerprint density at radius 2 is 1.84 bits per heavy atom. The molecule has 3 aliphatic heterocycles. The van der Waals surface area contributed by atoms with Gasteiger partial charge in [0, 0.05) is 43.4 Å². The van der Waals surface area contributed by atoms with E-state index in [4.69, 9.17) is 9.73 Å². The Morgan fingerprint density at radius 1 is 1.11 bits per heavy atom. The van der Waals surface area contributed by atoms with Crippen LogP contribution >= 0.6 is 0 Å². The van der Waals surface area contributed by atoms with Gasteiger partial charge in [-0.3, -0.25) is 4.79 Å². The Hall–Kier alpha value is -2.62. The van der Waals surface area contributed by atoms with E-state index in [0.29, 0.717) is 25.5 Å². The number of halogens is 1. The van der Waals surface area contributed by atoms with Crippen LogP contribution < -0.4 is 5.32 Å². The molecule has 1 amide bonds. The van der Waals surface area contributed by atoms with Crippen LogP contribution in [0, 0.1) is 11.7 Å². The van der Waals surface area contributed by atoms with E-state index in [2.05, 4.69) is 17.1 Å². The molecule has 1 unspecified atom stereocenters. The van der Waals surface area contributed by atoms with Crippen LogP contribution in [0.15, 0.2) is 39.5 Å². The Bertz CT molecular complexity index is 1200. The quantitative estimate of drug-likeness (QED) is 0.572. The van der Waals surface area contributed by atoms with Crippen LogP contribution in [0.4, 0.5) is 10.1 Å². The van der Waals surface area contributed by atoms with Crippen LogP contribution in [0.25, 0.3) is 0 Å². The zero-order chi connectivity index (χ0) is 26.2. The van der Waals surface area contributed by atoms with Crippen molar-refractivity contribution in [3.63, 3.8) is 0 Å². The van der Waals surface area contributed by atoms with Crippen LogP contribution in [0.2, 0.25) is 0 Å². The highest BCUT2D eigenvalue weighted by Crippen LogP contribution is 2.33. The number of hydrogen-bond acceptors (Lipinski definition) is 7. The molecule has 2 saturated heterocycles. The molecule has 1 N–H and O–H groups in total. The number of aliphatic imine (C=N–C) groups is 1. The minimum Gasteiger partial charge on any atom is -0.476 e. The Morgan fingerprint density at radius 3 is 2.49 bits per heavy atom. The maximum absolute atomic E-state index is 14.5. The van der Waals surface area contributed by atoms with E-state index in [1.807, 2.05) is 4.90 Å². The molecule has 0 aromatic heterocycles. The first-order chi connectivity index (χ1) is 17.7. The van der Waals surface area contributed by atoms with E-state index < -0.39 is 21.7 Å². The first-order valence-corrected chi connectivity index (χ1v) is 15.4. The zero-order valence-electron chi connectivity index (χ0n) is 21.7. The molecular formula is C27H37FN4O4S. The fourth-order valence-corrected chi connectivity index (χ4v) is 6.63. The van der Waals surface area contributed by atoms with Gasteiger partial charge in [0.2, 0.25) is 5.91 Å². The van der Waals surface area contributed by atoms with E-state index in [1.54, 1.807) is 0 Å². The van der Waals surface area contributed by atoms with Gasteiger partial charge in [-0.25, -0.2) is 12.8 Å². The van der Waals surface area contributed by atoms with Crippen LogP contribution in [-0.4, -0.2) is 74.6 Å². The molecule has 5 rings (SSSR count). The molecule has 0 bridgehead atoms. The lowest BCUT2D eigenvalue weighted by molar-refractivity contribution is -0.131. The van der Waals surface area contributed by atoms with Crippen molar-refractivity contribution in [3.05, 3.63) is 35.4 Å². The molecule has 8 nitrogen and oxygen atoms in total. The number of piperidine rings is 1. The summed E-state index contributed by atoms with van der Waals surface area (Å²) in [5.74, 6) is 1.74. The van der Waals surface area contributed by atoms with Crippen molar-refractivity contribution in [1.82, 2.24) is 9.80 Å². The van der Waals surface area contributed by atoms with Gasteiger partial charge in [0.15, 0.2) is 15.7 Å². The predicted molar refractivity (Wildman–Crippen MR) is 141 cm³/mol. The molecule has 1 aromatic rings. The summed E-state index contributed by atoms with van der Waals surface area (Å²) in [5.41, 5.74) is 1.39. The van der Waals surface area contributed by atoms with Gasteiger partial charge in [0.05, 0.1) is 10.6 Å². The number of benzene rings is 1. The van der Waals surface area contributed by atoms with Gasteiger partial charge in [0.1, 0.15) is 24.3 Å². The van der Waals surface area contributed by atoms with E-state index in [9.17, 15) is 17.6 Å². The highest BCUT2D eigenvalue weighted by molar-refractivity contribution is 7.90. The normalized spacial score (nSPS) is 24.0. The number of likely N-dealkylation sites (tertiary alicyclic amines) is 2. The number of nitrogens with zero attached hydrogens (tertiary/aromatic N) is 3. The van der Waals surface area contributed by atoms with Crippen molar-refractivity contribution in [2.24, 2.45) is 10.9 Å². The lowest BCUT2D eigenvalue weighted by atomic mass is 10.0. The van der Waals surface area contributed by atoms with E-state index in [0.717, 1.165) is 69.2 Å². The van der Waals surface area contributed by atoms with E-state index in [1.165, 1.54) is 30.5 Å². The number of nitrogens with one attached hydrogen (secondary N) is 1. The summed E-state index contributed by atoms with van der Waals surface area (Å²) in [6.07, 6.45) is 9.09. The summed E-state index contributed by atoms with van der Waals surface area (Å²) in [7, 11) is -3.49. The van der Waals surface area contributed by atoms with Crippen LogP contribution in [-0.2, 0) is 19.4 Å². The van der Waals surface area contributed by atoms with Gasteiger partial charge in [-0.1, -0.05) is 19.8 Å². The molecule has 0 radical (unpaired) electrons. The minimum atomic E-state index is -3.49. The molecule has 4 aliphatic rings. The number of carbonyl (C=O) groups excluding carboxylic acids is 1. The molecule has 10 heteroatoms. The predicted octanol–water partition coefficient (Wildman–Crippen LogP) is 3.95. The first-order valence-electron chi connectivity index (χ1n) is 13.5. The average Bonchev–Trinajstić information content (AvgIpc) is 3.55. The van der Waals surface area contributed by atoms with Crippen molar-refractivity contribution in [2.45, 2.75) is 75.3 Å². The van der Waals surface area contributed by atoms with Gasteiger partial charge >= 0.3 is 0 Å². The summed E-state index contributed by atoms with van der Waals surface area (Å²) in [4.78, 5) is 22.4. The number of hydrogen-bond donors (Lipinski definition) is 1. The number of amides is 1. The number of anilines is 1. The third-order valence-electron chi connectivity index (χ3n) is 8.20. The summed E-state index contributed by atoms with van der Waals surface area (Å²) < 4.78 is 43.9. The number of sulfone groups is 1. The standard InChI is InChI=1S/C27H37FN4O4S/c1-3-18-17-36-26(19-6-4-5-7-19)30-25(18)31-13-10-20(11-14-31)32-15-12-24(27(32)33)29-23-9-8-21(16-22(23)28)37(2,34)35/h8-9,16,19-20,24,29H,3-7,10-15,17H2,1-2H3. The fourth-order valence-electron chi connectivity index (χ4n) is 6.00. The van der Waals surface area contributed by atoms with Crippen molar-refractivity contribution < 1.29 is 22.3 Å². The molecule has 3 heterocycles. The van der Waals surface area contributed by atoms with Crippen molar-refractivity contribution in [3.8, 4) is 0 Å². The first kappa shape index (κ1) is 26.0. The molecule has 3 fully saturated rings. The van der Waals surface area contributed by atoms with Gasteiger partial charge in [-0.2, -0.15) is 4.99 Å². The molecule has 1 aromatic carbocycles. The lowest BCUT2D eigenvalue weighted by Crippen LogP contribution is -2.47. The molecule has 1 atom stereocenters. The van der Waals surface area contributed by atoms with Gasteiger partial charge in [-0.05, 0) is 56.7 Å². The smallest absolute Gasteiger partial charge is 0.245 e. The second-order valence-corrected chi connectivity index (χ2v) is 12.7. The SMILES string of the molecule is CCC1=C(N2CCC(N3CCC(Nc4ccc(S(C)(=O)=O)cc4F)C3=O)CC2)N=C(C2CCCC2)OC1. The Balaban J connectivity index is 1.20. The van der Waals surface area contributed by atoms with Crippen molar-refractivity contribution in [1.29, 1.82) is 0 Å². The Labute approximate surface area is 218 Å². The second kappa shape index (κ2) is 10.6. The molecule has 1 aliphatic carbocycles. The van der Waals surface area contributed by atoms with Crippen LogP contribution in [0.3, 0.4) is 0 Å². The fraction of sp³-hybridized carbons (Fsp3) is 0.630. The third-order valence-corrected chi connectivity index (χ3v) is 9.31. The Kier molecular flexibility index (Phi) is 7.47. The third kappa shape index (κ3) is 5.49. The minimum absolute atomic E-state index is 0.0221. The van der Waals surface area contributed by atoms with E-state index in [-0.39, 0.29) is 22.5 Å². The second-order valence-electron chi connectivity index (χ2n) is 10.7. The maximum Gasteiger partial charge on any atom is 0.245 e. The highest BCUT2D eigenvalue weighted by Gasteiger charge is 2.38. The summed E-state index contributed by atoms with van der Waals surface area (Å²) in [5, 5.41) is 3.00. The number of rotatable bonds is 7. The van der Waals surface area contributed by atoms with Crippen molar-refractivity contribution >= 4 is 27.3 Å². The number of carbonyl (C=O) groups is 1. The summed E-state index contributed by atoms with van der Waals surface area (Å²) >= 11 is 0. The van der Waals surface area contributed by atoms with E-state index >= 15 is 0 Å². The molecular weight excluding hydrogens is 495 g/mol. The van der Waals surface area contributed by atoms with Crippen molar-refractivity contribution in [2.75, 3.05) is 37.8 Å². The van der Waals surface area contributed by atoms with Gasteiger partial charge in [-0.15, -0.1) is 0 Å². The van der Waals surface area contributed by atoms with Gasteiger partial charge in [0.25, 0.3) is 0 Å². The summed E-state index contributed by atoms with van der Waals surface area (Å²) in [6.45, 7) is 5.09. The number of ether oxygens (including phenoxy) is 1. The monoisotopic (exact) mass is 532 g/mol. The maximum atomic E-state index is 14.5. The van der Waals surface area contributed by atoms with Crippen LogP contribution in [0.1, 0.15) is 58.3 Å². The summed E-state index contributed by atoms with van der Waals surface area (Å²) in [6, 6.07) is 3.40. The lowest BCUT2D eigenvalue weighted by Gasteiger charge is -2.39. The average molecular weight is 533 g/mol. The largest absolute Gasteiger partial charge is 0.476 e. The molecule has 0 spiro atoms. The van der Waals surface area contributed by atoms with Gasteiger partial charge < -0.3 is 19.9 Å². The zero-order valence-corrected chi connectivity index (χ0v) is 22.5. The highest BCUT2D eigenvalue weighted by atomic mass is 32.2. The molecule has 37 heavy (non-hydrogen) atoms.